The lowest BCUT2D eigenvalue weighted by atomic mass is 10.1. The molecule has 6 heteroatoms. The third-order valence-electron chi connectivity index (χ3n) is 5.79. The Kier molecular flexibility index (Phi) is 9.29. The summed E-state index contributed by atoms with van der Waals surface area (Å²) in [6.07, 6.45) is 5.11. The van der Waals surface area contributed by atoms with Crippen molar-refractivity contribution in [1.29, 1.82) is 0 Å². The lowest BCUT2D eigenvalue weighted by Crippen LogP contribution is -2.51. The fourth-order valence-corrected chi connectivity index (χ4v) is 5.10. The maximum Gasteiger partial charge on any atom is 0.242 e. The molecule has 166 valence electrons. The van der Waals surface area contributed by atoms with E-state index in [9.17, 15) is 9.59 Å². The molecule has 1 saturated carbocycles. The Morgan fingerprint density at radius 3 is 2.48 bits per heavy atom. The highest BCUT2D eigenvalue weighted by Gasteiger charge is 2.28. The van der Waals surface area contributed by atoms with Gasteiger partial charge in [-0.25, -0.2) is 0 Å². The summed E-state index contributed by atoms with van der Waals surface area (Å²) in [6.45, 7) is 2.36. The molecular formula is C25H31ClN2O2S. The summed E-state index contributed by atoms with van der Waals surface area (Å²) in [7, 11) is 0. The van der Waals surface area contributed by atoms with Crippen LogP contribution in [-0.2, 0) is 21.8 Å². The second-order valence-electron chi connectivity index (χ2n) is 8.07. The topological polar surface area (TPSA) is 49.4 Å². The summed E-state index contributed by atoms with van der Waals surface area (Å²) in [4.78, 5) is 27.7. The molecule has 0 aromatic heterocycles. The maximum absolute atomic E-state index is 13.1. The van der Waals surface area contributed by atoms with Crippen molar-refractivity contribution < 1.29 is 9.59 Å². The van der Waals surface area contributed by atoms with Gasteiger partial charge in [-0.2, -0.15) is 0 Å². The van der Waals surface area contributed by atoms with Crippen LogP contribution in [0.15, 0.2) is 54.6 Å². The highest BCUT2D eigenvalue weighted by molar-refractivity contribution is 7.99. The first-order valence-electron chi connectivity index (χ1n) is 11.0. The Bertz CT molecular complexity index is 856. The number of thioether (sulfide) groups is 1. The lowest BCUT2D eigenvalue weighted by molar-refractivity contribution is -0.138. The zero-order chi connectivity index (χ0) is 22.1. The highest BCUT2D eigenvalue weighted by atomic mass is 35.5. The Hall–Kier alpha value is -1.98. The van der Waals surface area contributed by atoms with Gasteiger partial charge in [0.15, 0.2) is 0 Å². The molecule has 0 aliphatic heterocycles. The van der Waals surface area contributed by atoms with E-state index in [0.717, 1.165) is 43.2 Å². The van der Waals surface area contributed by atoms with Gasteiger partial charge in [0, 0.05) is 23.4 Å². The van der Waals surface area contributed by atoms with Crippen LogP contribution >= 0.6 is 23.4 Å². The fraction of sp³-hybridized carbons (Fsp3) is 0.440. The van der Waals surface area contributed by atoms with Gasteiger partial charge in [-0.05, 0) is 43.4 Å². The summed E-state index contributed by atoms with van der Waals surface area (Å²) < 4.78 is 0. The fourth-order valence-electron chi connectivity index (χ4n) is 3.91. The number of nitrogens with zero attached hydrogens (tertiary/aromatic N) is 1. The Balaban J connectivity index is 1.60. The summed E-state index contributed by atoms with van der Waals surface area (Å²) >= 11 is 7.76. The van der Waals surface area contributed by atoms with E-state index in [-0.39, 0.29) is 17.9 Å². The van der Waals surface area contributed by atoms with E-state index in [1.165, 1.54) is 11.8 Å². The van der Waals surface area contributed by atoms with Crippen molar-refractivity contribution in [2.75, 3.05) is 12.3 Å². The molecule has 31 heavy (non-hydrogen) atoms. The van der Waals surface area contributed by atoms with Crippen LogP contribution in [0.5, 0.6) is 0 Å². The Morgan fingerprint density at radius 2 is 1.77 bits per heavy atom. The first kappa shape index (κ1) is 23.7. The van der Waals surface area contributed by atoms with Crippen LogP contribution in [0.2, 0.25) is 5.02 Å². The molecule has 1 aliphatic rings. The second kappa shape index (κ2) is 12.2. The molecule has 2 amide bonds. The number of nitrogens with one attached hydrogen (secondary N) is 1. The molecule has 0 heterocycles. The van der Waals surface area contributed by atoms with Gasteiger partial charge >= 0.3 is 0 Å². The van der Waals surface area contributed by atoms with Crippen molar-refractivity contribution in [2.24, 2.45) is 0 Å². The third-order valence-corrected chi connectivity index (χ3v) is 7.13. The molecule has 0 spiro atoms. The summed E-state index contributed by atoms with van der Waals surface area (Å²) in [5.41, 5.74) is 2.18. The van der Waals surface area contributed by atoms with Gasteiger partial charge < -0.3 is 10.2 Å². The molecule has 3 rings (SSSR count). The van der Waals surface area contributed by atoms with Crippen molar-refractivity contribution in [3.63, 3.8) is 0 Å². The lowest BCUT2D eigenvalue weighted by Gasteiger charge is -2.29. The summed E-state index contributed by atoms with van der Waals surface area (Å²) in [5, 5.41) is 3.86. The quantitative estimate of drug-likeness (QED) is 0.539. The minimum absolute atomic E-state index is 0.0120. The molecule has 1 N–H and O–H groups in total. The molecule has 1 atom stereocenters. The van der Waals surface area contributed by atoms with Crippen molar-refractivity contribution in [3.05, 3.63) is 70.7 Å². The maximum atomic E-state index is 13.1. The van der Waals surface area contributed by atoms with Crippen molar-refractivity contribution >= 4 is 35.2 Å². The number of carbonyl (C=O) groups is 2. The van der Waals surface area contributed by atoms with Gasteiger partial charge in [0.05, 0.1) is 5.75 Å². The number of rotatable bonds is 10. The van der Waals surface area contributed by atoms with Crippen LogP contribution in [0.1, 0.15) is 43.7 Å². The van der Waals surface area contributed by atoms with Gasteiger partial charge in [0.2, 0.25) is 11.8 Å². The van der Waals surface area contributed by atoms with E-state index in [0.29, 0.717) is 23.1 Å². The molecule has 2 aromatic carbocycles. The van der Waals surface area contributed by atoms with E-state index < -0.39 is 6.04 Å². The summed E-state index contributed by atoms with van der Waals surface area (Å²) in [6, 6.07) is 17.5. The van der Waals surface area contributed by atoms with E-state index in [1.807, 2.05) is 49.4 Å². The van der Waals surface area contributed by atoms with Gasteiger partial charge in [0.25, 0.3) is 0 Å². The molecule has 1 fully saturated rings. The predicted molar refractivity (Wildman–Crippen MR) is 129 cm³/mol. The predicted octanol–water partition coefficient (Wildman–Crippen LogP) is 5.09. The molecule has 0 bridgehead atoms. The van der Waals surface area contributed by atoms with Crippen LogP contribution in [0.25, 0.3) is 0 Å². The van der Waals surface area contributed by atoms with E-state index in [2.05, 4.69) is 17.4 Å². The molecule has 0 unspecified atom stereocenters. The average Bonchev–Trinajstić information content (AvgIpc) is 3.29. The van der Waals surface area contributed by atoms with Crippen LogP contribution < -0.4 is 5.32 Å². The van der Waals surface area contributed by atoms with Gasteiger partial charge in [0.1, 0.15) is 6.04 Å². The van der Waals surface area contributed by atoms with E-state index in [1.54, 1.807) is 4.90 Å². The van der Waals surface area contributed by atoms with Crippen LogP contribution in [0.4, 0.5) is 0 Å². The van der Waals surface area contributed by atoms with E-state index >= 15 is 0 Å². The van der Waals surface area contributed by atoms with Crippen molar-refractivity contribution in [1.82, 2.24) is 10.2 Å². The SMILES string of the molecule is C[C@@H](C(=O)NC1CCCC1)N(CCc1ccccc1)C(=O)CSCc1ccccc1Cl. The Morgan fingerprint density at radius 1 is 1.10 bits per heavy atom. The van der Waals surface area contributed by atoms with Gasteiger partial charge in [-0.1, -0.05) is 73.0 Å². The molecule has 4 nitrogen and oxygen atoms in total. The number of benzene rings is 2. The third kappa shape index (κ3) is 7.29. The number of amides is 2. The van der Waals surface area contributed by atoms with E-state index in [4.69, 9.17) is 11.6 Å². The smallest absolute Gasteiger partial charge is 0.242 e. The number of hydrogen-bond acceptors (Lipinski definition) is 3. The largest absolute Gasteiger partial charge is 0.352 e. The Labute approximate surface area is 194 Å². The highest BCUT2D eigenvalue weighted by Crippen LogP contribution is 2.22. The van der Waals surface area contributed by atoms with Crippen molar-refractivity contribution in [3.8, 4) is 0 Å². The zero-order valence-electron chi connectivity index (χ0n) is 18.1. The molecule has 1 aliphatic carbocycles. The van der Waals surface area contributed by atoms with Crippen LogP contribution in [0.3, 0.4) is 0 Å². The molecular weight excluding hydrogens is 428 g/mol. The molecule has 2 aromatic rings. The normalized spacial score (nSPS) is 14.9. The first-order valence-corrected chi connectivity index (χ1v) is 12.5. The minimum Gasteiger partial charge on any atom is -0.352 e. The van der Waals surface area contributed by atoms with Gasteiger partial charge in [-0.15, -0.1) is 11.8 Å². The standard InChI is InChI=1S/C25H31ClN2O2S/c1-19(25(30)27-22-12-6-7-13-22)28(16-15-20-9-3-2-4-10-20)24(29)18-31-17-21-11-5-8-14-23(21)26/h2-5,8-11,14,19,22H,6-7,12-13,15-18H2,1H3,(H,27,30)/t19-/m0/s1. The molecule has 0 radical (unpaired) electrons. The number of carbonyl (C=O) groups excluding carboxylic acids is 2. The number of hydrogen-bond donors (Lipinski definition) is 1. The van der Waals surface area contributed by atoms with Crippen molar-refractivity contribution in [2.45, 2.75) is 56.9 Å². The van der Waals surface area contributed by atoms with Gasteiger partial charge in [-0.3, -0.25) is 9.59 Å². The monoisotopic (exact) mass is 458 g/mol. The van der Waals surface area contributed by atoms with Crippen LogP contribution in [-0.4, -0.2) is 41.1 Å². The summed E-state index contributed by atoms with van der Waals surface area (Å²) in [5.74, 6) is 0.924. The molecule has 0 saturated heterocycles. The van der Waals surface area contributed by atoms with Crippen LogP contribution in [0, 0.1) is 0 Å². The zero-order valence-corrected chi connectivity index (χ0v) is 19.6. The first-order chi connectivity index (χ1) is 15.0. The number of halogens is 1. The average molecular weight is 459 g/mol. The second-order valence-corrected chi connectivity index (χ2v) is 9.47. The minimum atomic E-state index is -0.488.